The average molecular weight is 302 g/mol. The van der Waals surface area contributed by atoms with Crippen molar-refractivity contribution in [2.45, 2.75) is 19.0 Å². The topological polar surface area (TPSA) is 77.8 Å². The van der Waals surface area contributed by atoms with E-state index in [2.05, 4.69) is 25.4 Å². The Balaban J connectivity index is 2.04. The molecule has 0 bridgehead atoms. The molecule has 0 aliphatic rings. The Morgan fingerprint density at radius 1 is 1.29 bits per heavy atom. The van der Waals surface area contributed by atoms with Gasteiger partial charge in [-0.1, -0.05) is 0 Å². The largest absolute Gasteiger partial charge is 0.463 e. The standard InChI is InChI=1S/C11H13F3N6O/c1-15-8-17-9(20-6-3-5-16-20)19-10(18-8)21-7-2-4-11(12,13)14/h3,5-6H,2,4,7H2,1H3,(H,15,17,18,19). The summed E-state index contributed by atoms with van der Waals surface area (Å²) in [5, 5.41) is 6.68. The summed E-state index contributed by atoms with van der Waals surface area (Å²) in [6.45, 7) is -0.134. The van der Waals surface area contributed by atoms with Crippen molar-refractivity contribution in [3.8, 4) is 12.0 Å². The molecule has 0 saturated heterocycles. The monoisotopic (exact) mass is 302 g/mol. The zero-order chi connectivity index (χ0) is 15.3. The minimum atomic E-state index is -4.20. The fourth-order valence-electron chi connectivity index (χ4n) is 1.45. The molecular formula is C11H13F3N6O. The molecule has 0 radical (unpaired) electrons. The quantitative estimate of drug-likeness (QED) is 0.820. The van der Waals surface area contributed by atoms with Crippen molar-refractivity contribution >= 4 is 5.95 Å². The Morgan fingerprint density at radius 3 is 2.71 bits per heavy atom. The molecule has 0 aromatic carbocycles. The average Bonchev–Trinajstić information content (AvgIpc) is 2.96. The molecule has 0 fully saturated rings. The van der Waals surface area contributed by atoms with E-state index >= 15 is 0 Å². The Morgan fingerprint density at radius 2 is 2.10 bits per heavy atom. The highest BCUT2D eigenvalue weighted by Crippen LogP contribution is 2.21. The van der Waals surface area contributed by atoms with Gasteiger partial charge < -0.3 is 10.1 Å². The second-order valence-corrected chi connectivity index (χ2v) is 4.01. The lowest BCUT2D eigenvalue weighted by molar-refractivity contribution is -0.136. The summed E-state index contributed by atoms with van der Waals surface area (Å²) < 4.78 is 42.6. The number of halogens is 3. The number of aromatic nitrogens is 5. The van der Waals surface area contributed by atoms with E-state index < -0.39 is 12.6 Å². The maximum Gasteiger partial charge on any atom is 0.389 e. The predicted octanol–water partition coefficient (Wildman–Crippen LogP) is 1.82. The fraction of sp³-hybridized carbons (Fsp3) is 0.455. The number of ether oxygens (including phenoxy) is 1. The molecule has 0 atom stereocenters. The summed E-state index contributed by atoms with van der Waals surface area (Å²) in [6.07, 6.45) is -2.10. The molecule has 1 N–H and O–H groups in total. The van der Waals surface area contributed by atoms with Crippen molar-refractivity contribution in [2.24, 2.45) is 0 Å². The van der Waals surface area contributed by atoms with Gasteiger partial charge in [0, 0.05) is 25.9 Å². The normalized spacial score (nSPS) is 11.4. The second-order valence-electron chi connectivity index (χ2n) is 4.01. The van der Waals surface area contributed by atoms with Crippen molar-refractivity contribution < 1.29 is 17.9 Å². The van der Waals surface area contributed by atoms with Crippen LogP contribution in [0.15, 0.2) is 18.5 Å². The van der Waals surface area contributed by atoms with E-state index in [1.165, 1.54) is 4.68 Å². The van der Waals surface area contributed by atoms with Crippen molar-refractivity contribution in [3.63, 3.8) is 0 Å². The number of hydrogen-bond donors (Lipinski definition) is 1. The molecule has 0 unspecified atom stereocenters. The van der Waals surface area contributed by atoms with Crippen molar-refractivity contribution in [2.75, 3.05) is 19.0 Å². The van der Waals surface area contributed by atoms with E-state index in [9.17, 15) is 13.2 Å². The van der Waals surface area contributed by atoms with Crippen LogP contribution in [0.1, 0.15) is 12.8 Å². The molecule has 0 aliphatic heterocycles. The van der Waals surface area contributed by atoms with Crippen LogP contribution in [0.2, 0.25) is 0 Å². The van der Waals surface area contributed by atoms with Gasteiger partial charge in [0.25, 0.3) is 5.95 Å². The number of alkyl halides is 3. The van der Waals surface area contributed by atoms with Gasteiger partial charge in [0.2, 0.25) is 5.95 Å². The number of nitrogens with zero attached hydrogens (tertiary/aromatic N) is 5. The molecule has 0 aliphatic carbocycles. The zero-order valence-electron chi connectivity index (χ0n) is 11.1. The molecule has 21 heavy (non-hydrogen) atoms. The van der Waals surface area contributed by atoms with Crippen LogP contribution >= 0.6 is 0 Å². The van der Waals surface area contributed by atoms with Gasteiger partial charge >= 0.3 is 12.2 Å². The third-order valence-corrected chi connectivity index (χ3v) is 2.37. The van der Waals surface area contributed by atoms with Gasteiger partial charge in [-0.25, -0.2) is 4.68 Å². The smallest absolute Gasteiger partial charge is 0.389 e. The Labute approximate surface area is 118 Å². The molecule has 7 nitrogen and oxygen atoms in total. The Bertz CT molecular complexity index is 572. The van der Waals surface area contributed by atoms with Gasteiger partial charge in [0.05, 0.1) is 6.61 Å². The minimum Gasteiger partial charge on any atom is -0.463 e. The maximum atomic E-state index is 12.0. The van der Waals surface area contributed by atoms with E-state index in [1.807, 2.05) is 0 Å². The molecular weight excluding hydrogens is 289 g/mol. The highest BCUT2D eigenvalue weighted by molar-refractivity contribution is 5.28. The van der Waals surface area contributed by atoms with Gasteiger partial charge in [0.15, 0.2) is 0 Å². The third kappa shape index (κ3) is 4.58. The first kappa shape index (κ1) is 15.0. The minimum absolute atomic E-state index is 0.0537. The molecule has 114 valence electrons. The lowest BCUT2D eigenvalue weighted by atomic mass is 10.3. The highest BCUT2D eigenvalue weighted by atomic mass is 19.4. The summed E-state index contributed by atoms with van der Waals surface area (Å²) in [5.41, 5.74) is 0. The molecule has 2 aromatic heterocycles. The summed E-state index contributed by atoms with van der Waals surface area (Å²) in [7, 11) is 1.61. The van der Waals surface area contributed by atoms with Gasteiger partial charge in [0.1, 0.15) is 0 Å². The maximum absolute atomic E-state index is 12.0. The molecule has 2 aromatic rings. The van der Waals surface area contributed by atoms with Gasteiger partial charge in [-0.15, -0.1) is 0 Å². The molecule has 10 heteroatoms. The first-order valence-corrected chi connectivity index (χ1v) is 6.11. The van der Waals surface area contributed by atoms with Crippen LogP contribution in [-0.2, 0) is 0 Å². The van der Waals surface area contributed by atoms with E-state index in [1.54, 1.807) is 25.5 Å². The van der Waals surface area contributed by atoms with Crippen LogP contribution in [0, 0.1) is 0 Å². The summed E-state index contributed by atoms with van der Waals surface area (Å²) in [6, 6.07) is 1.63. The van der Waals surface area contributed by atoms with Crippen LogP contribution in [0.4, 0.5) is 19.1 Å². The van der Waals surface area contributed by atoms with E-state index in [0.717, 1.165) is 0 Å². The van der Waals surface area contributed by atoms with E-state index in [0.29, 0.717) is 0 Å². The second kappa shape index (κ2) is 6.37. The first-order chi connectivity index (χ1) is 9.98. The SMILES string of the molecule is CNc1nc(OCCCC(F)(F)F)nc(-n2cccn2)n1. The highest BCUT2D eigenvalue weighted by Gasteiger charge is 2.26. The van der Waals surface area contributed by atoms with E-state index in [4.69, 9.17) is 4.74 Å². The number of rotatable bonds is 6. The number of hydrogen-bond acceptors (Lipinski definition) is 6. The van der Waals surface area contributed by atoms with Gasteiger partial charge in [-0.3, -0.25) is 0 Å². The van der Waals surface area contributed by atoms with Crippen LogP contribution in [0.5, 0.6) is 6.01 Å². The Kier molecular flexibility index (Phi) is 4.55. The zero-order valence-corrected chi connectivity index (χ0v) is 11.1. The summed E-state index contributed by atoms with van der Waals surface area (Å²) >= 11 is 0. The molecule has 0 saturated carbocycles. The molecule has 0 amide bonds. The number of anilines is 1. The fourth-order valence-corrected chi connectivity index (χ4v) is 1.45. The summed E-state index contributed by atoms with van der Waals surface area (Å²) in [4.78, 5) is 12.0. The first-order valence-electron chi connectivity index (χ1n) is 6.11. The van der Waals surface area contributed by atoms with Gasteiger partial charge in [-0.05, 0) is 12.5 Å². The van der Waals surface area contributed by atoms with Crippen LogP contribution in [0.25, 0.3) is 5.95 Å². The van der Waals surface area contributed by atoms with Crippen LogP contribution in [-0.4, -0.2) is 44.6 Å². The predicted molar refractivity (Wildman–Crippen MR) is 67.3 cm³/mol. The van der Waals surface area contributed by atoms with Crippen molar-refractivity contribution in [1.82, 2.24) is 24.7 Å². The Hall–Kier alpha value is -2.39. The van der Waals surface area contributed by atoms with Crippen molar-refractivity contribution in [1.29, 1.82) is 0 Å². The summed E-state index contributed by atoms with van der Waals surface area (Å²) in [5.74, 6) is 0.450. The van der Waals surface area contributed by atoms with Crippen LogP contribution < -0.4 is 10.1 Å². The molecule has 2 rings (SSSR count). The lowest BCUT2D eigenvalue weighted by Gasteiger charge is -2.09. The van der Waals surface area contributed by atoms with Gasteiger partial charge in [-0.2, -0.15) is 33.2 Å². The van der Waals surface area contributed by atoms with E-state index in [-0.39, 0.29) is 30.9 Å². The van der Waals surface area contributed by atoms with Crippen LogP contribution in [0.3, 0.4) is 0 Å². The lowest BCUT2D eigenvalue weighted by Crippen LogP contribution is -2.12. The molecule has 0 spiro atoms. The van der Waals surface area contributed by atoms with Crippen molar-refractivity contribution in [3.05, 3.63) is 18.5 Å². The third-order valence-electron chi connectivity index (χ3n) is 2.37. The molecule has 2 heterocycles. The number of nitrogens with one attached hydrogen (secondary N) is 1.